The van der Waals surface area contributed by atoms with Crippen LogP contribution in [0.15, 0.2) is 41.0 Å². The quantitative estimate of drug-likeness (QED) is 0.778. The van der Waals surface area contributed by atoms with Gasteiger partial charge in [0.2, 0.25) is 0 Å². The van der Waals surface area contributed by atoms with Gasteiger partial charge in [0.1, 0.15) is 5.56 Å². The molecule has 4 heteroatoms. The number of carbonyl (C=O) groups is 1. The minimum Gasteiger partial charge on any atom is -0.468 e. The minimum atomic E-state index is -0.452. The van der Waals surface area contributed by atoms with Gasteiger partial charge >= 0.3 is 5.97 Å². The van der Waals surface area contributed by atoms with E-state index in [1.165, 1.54) is 20.5 Å². The largest absolute Gasteiger partial charge is 0.468 e. The van der Waals surface area contributed by atoms with Crippen molar-refractivity contribution in [1.29, 1.82) is 0 Å². The second-order valence-electron chi connectivity index (χ2n) is 3.78. The molecule has 0 fully saturated rings. The Morgan fingerprint density at radius 1 is 1.22 bits per heavy atom. The van der Waals surface area contributed by atoms with Crippen LogP contribution in [-0.4, -0.2) is 20.2 Å². The Morgan fingerprint density at radius 3 is 2.56 bits per heavy atom. The predicted molar refractivity (Wildman–Crippen MR) is 65.8 cm³/mol. The van der Waals surface area contributed by atoms with E-state index in [0.29, 0.717) is 12.0 Å². The molecule has 2 aromatic rings. The first-order chi connectivity index (χ1) is 8.76. The zero-order chi connectivity index (χ0) is 13.0. The molecule has 0 aliphatic carbocycles. The minimum absolute atomic E-state index is 0.188. The first-order valence-corrected chi connectivity index (χ1v) is 5.53. The van der Waals surface area contributed by atoms with Crippen molar-refractivity contribution in [3.05, 3.63) is 53.3 Å². The van der Waals surface area contributed by atoms with E-state index in [9.17, 15) is 4.79 Å². The molecule has 0 saturated carbocycles. The van der Waals surface area contributed by atoms with Crippen molar-refractivity contribution in [1.82, 2.24) is 0 Å². The Labute approximate surface area is 105 Å². The van der Waals surface area contributed by atoms with Crippen LogP contribution in [0.3, 0.4) is 0 Å². The normalized spacial score (nSPS) is 10.1. The lowest BCUT2D eigenvalue weighted by atomic mass is 10.0. The van der Waals surface area contributed by atoms with E-state index in [-0.39, 0.29) is 5.95 Å². The van der Waals surface area contributed by atoms with Gasteiger partial charge in [0.05, 0.1) is 20.5 Å². The average Bonchev–Trinajstić information content (AvgIpc) is 2.82. The fraction of sp³-hybridized carbons (Fsp3) is 0.214. The molecule has 0 amide bonds. The van der Waals surface area contributed by atoms with E-state index in [0.717, 1.165) is 11.1 Å². The molecular formula is C14H14O4. The van der Waals surface area contributed by atoms with E-state index in [2.05, 4.69) is 0 Å². The molecular weight excluding hydrogens is 232 g/mol. The van der Waals surface area contributed by atoms with Crippen molar-refractivity contribution in [3.63, 3.8) is 0 Å². The van der Waals surface area contributed by atoms with Gasteiger partial charge in [-0.3, -0.25) is 0 Å². The Bertz CT molecular complexity index is 528. The summed E-state index contributed by atoms with van der Waals surface area (Å²) in [6, 6.07) is 9.82. The van der Waals surface area contributed by atoms with Gasteiger partial charge in [-0.25, -0.2) is 4.79 Å². The Morgan fingerprint density at radius 2 is 1.94 bits per heavy atom. The van der Waals surface area contributed by atoms with Gasteiger partial charge in [-0.1, -0.05) is 30.3 Å². The van der Waals surface area contributed by atoms with E-state index in [4.69, 9.17) is 13.9 Å². The van der Waals surface area contributed by atoms with Crippen LogP contribution in [0.4, 0.5) is 0 Å². The van der Waals surface area contributed by atoms with Gasteiger partial charge < -0.3 is 13.9 Å². The lowest BCUT2D eigenvalue weighted by Gasteiger charge is -2.03. The van der Waals surface area contributed by atoms with Gasteiger partial charge in [-0.15, -0.1) is 0 Å². The van der Waals surface area contributed by atoms with E-state index < -0.39 is 5.97 Å². The number of ether oxygens (including phenoxy) is 2. The standard InChI is InChI=1S/C14H14O4/c1-16-13(15)12-11(9-18-14(12)17-2)8-10-6-4-3-5-7-10/h3-7,9H,8H2,1-2H3. The first kappa shape index (κ1) is 12.2. The summed E-state index contributed by atoms with van der Waals surface area (Å²) in [6.45, 7) is 0. The van der Waals surface area contributed by atoms with Crippen LogP contribution < -0.4 is 4.74 Å². The molecule has 0 saturated heterocycles. The summed E-state index contributed by atoms with van der Waals surface area (Å²) in [5.41, 5.74) is 2.19. The molecule has 1 heterocycles. The lowest BCUT2D eigenvalue weighted by Crippen LogP contribution is -2.05. The second-order valence-corrected chi connectivity index (χ2v) is 3.78. The summed E-state index contributed by atoms with van der Waals surface area (Å²) in [5.74, 6) is -0.265. The van der Waals surface area contributed by atoms with Crippen molar-refractivity contribution in [2.75, 3.05) is 14.2 Å². The maximum Gasteiger partial charge on any atom is 0.345 e. The summed E-state index contributed by atoms with van der Waals surface area (Å²) in [5, 5.41) is 0. The van der Waals surface area contributed by atoms with E-state index >= 15 is 0 Å². The number of furan rings is 1. The van der Waals surface area contributed by atoms with Crippen LogP contribution in [0.5, 0.6) is 5.95 Å². The van der Waals surface area contributed by atoms with Crippen LogP contribution in [0, 0.1) is 0 Å². The van der Waals surface area contributed by atoms with E-state index in [1.807, 2.05) is 30.3 Å². The van der Waals surface area contributed by atoms with Crippen molar-refractivity contribution in [3.8, 4) is 5.95 Å². The number of benzene rings is 1. The predicted octanol–water partition coefficient (Wildman–Crippen LogP) is 2.67. The van der Waals surface area contributed by atoms with Crippen LogP contribution in [0.1, 0.15) is 21.5 Å². The average molecular weight is 246 g/mol. The summed E-state index contributed by atoms with van der Waals surface area (Å²) in [4.78, 5) is 11.7. The number of esters is 1. The van der Waals surface area contributed by atoms with Crippen LogP contribution in [0.25, 0.3) is 0 Å². The molecule has 0 N–H and O–H groups in total. The van der Waals surface area contributed by atoms with Crippen LogP contribution >= 0.6 is 0 Å². The molecule has 0 atom stereocenters. The maximum atomic E-state index is 11.7. The zero-order valence-electron chi connectivity index (χ0n) is 10.3. The van der Waals surface area contributed by atoms with E-state index in [1.54, 1.807) is 0 Å². The highest BCUT2D eigenvalue weighted by atomic mass is 16.6. The highest BCUT2D eigenvalue weighted by Gasteiger charge is 2.22. The van der Waals surface area contributed by atoms with Gasteiger partial charge in [0.25, 0.3) is 5.95 Å². The number of methoxy groups -OCH3 is 2. The number of carbonyl (C=O) groups excluding carboxylic acids is 1. The van der Waals surface area contributed by atoms with Gasteiger partial charge in [0, 0.05) is 12.0 Å². The smallest absolute Gasteiger partial charge is 0.345 e. The third-order valence-electron chi connectivity index (χ3n) is 2.65. The van der Waals surface area contributed by atoms with Gasteiger partial charge in [0.15, 0.2) is 0 Å². The monoisotopic (exact) mass is 246 g/mol. The van der Waals surface area contributed by atoms with Crippen LogP contribution in [-0.2, 0) is 11.2 Å². The summed E-state index contributed by atoms with van der Waals surface area (Å²) in [6.07, 6.45) is 2.12. The molecule has 0 spiro atoms. The number of hydrogen-bond acceptors (Lipinski definition) is 4. The summed E-state index contributed by atoms with van der Waals surface area (Å²) < 4.78 is 15.0. The summed E-state index contributed by atoms with van der Waals surface area (Å²) >= 11 is 0. The first-order valence-electron chi connectivity index (χ1n) is 5.53. The molecule has 0 radical (unpaired) electrons. The molecule has 0 aliphatic rings. The van der Waals surface area contributed by atoms with Crippen LogP contribution in [0.2, 0.25) is 0 Å². The molecule has 0 aliphatic heterocycles. The third-order valence-corrected chi connectivity index (χ3v) is 2.65. The summed E-state index contributed by atoms with van der Waals surface area (Å²) in [7, 11) is 2.79. The van der Waals surface area contributed by atoms with Crippen molar-refractivity contribution in [2.24, 2.45) is 0 Å². The van der Waals surface area contributed by atoms with Crippen molar-refractivity contribution >= 4 is 5.97 Å². The molecule has 4 nitrogen and oxygen atoms in total. The van der Waals surface area contributed by atoms with Gasteiger partial charge in [-0.05, 0) is 5.56 Å². The van der Waals surface area contributed by atoms with Crippen molar-refractivity contribution < 1.29 is 18.7 Å². The number of rotatable bonds is 4. The molecule has 94 valence electrons. The molecule has 0 unspecified atom stereocenters. The highest BCUT2D eigenvalue weighted by Crippen LogP contribution is 2.27. The Kier molecular flexibility index (Phi) is 3.67. The molecule has 18 heavy (non-hydrogen) atoms. The third kappa shape index (κ3) is 2.37. The molecule has 2 rings (SSSR count). The fourth-order valence-corrected chi connectivity index (χ4v) is 1.79. The topological polar surface area (TPSA) is 48.7 Å². The second kappa shape index (κ2) is 5.40. The van der Waals surface area contributed by atoms with Gasteiger partial charge in [-0.2, -0.15) is 0 Å². The molecule has 0 bridgehead atoms. The Hall–Kier alpha value is -2.23. The fourth-order valence-electron chi connectivity index (χ4n) is 1.79. The lowest BCUT2D eigenvalue weighted by molar-refractivity contribution is 0.0593. The molecule has 1 aromatic carbocycles. The Balaban J connectivity index is 2.33. The number of hydrogen-bond donors (Lipinski definition) is 0. The highest BCUT2D eigenvalue weighted by molar-refractivity contribution is 5.93. The SMILES string of the molecule is COC(=O)c1c(Cc2ccccc2)coc1OC. The maximum absolute atomic E-state index is 11.7. The zero-order valence-corrected chi connectivity index (χ0v) is 10.3. The molecule has 1 aromatic heterocycles. The van der Waals surface area contributed by atoms with Crippen molar-refractivity contribution in [2.45, 2.75) is 6.42 Å².